The topological polar surface area (TPSA) is 47.2 Å². The molecule has 0 radical (unpaired) electrons. The summed E-state index contributed by atoms with van der Waals surface area (Å²) in [6.07, 6.45) is -0.639. The summed E-state index contributed by atoms with van der Waals surface area (Å²) in [5.74, 6) is 0. The maximum atomic E-state index is 11.9. The molecule has 0 aliphatic heterocycles. The number of aliphatic hydroxyl groups excluding tert-OH is 1. The van der Waals surface area contributed by atoms with Crippen molar-refractivity contribution in [1.82, 2.24) is 9.13 Å². The van der Waals surface area contributed by atoms with Crippen molar-refractivity contribution >= 4 is 22.4 Å². The minimum atomic E-state index is -0.639. The molecule has 0 bridgehead atoms. The highest BCUT2D eigenvalue weighted by Crippen LogP contribution is 2.27. The van der Waals surface area contributed by atoms with Crippen LogP contribution in [-0.4, -0.2) is 14.2 Å². The molecule has 0 aliphatic rings. The first-order valence-corrected chi connectivity index (χ1v) is 6.84. The number of aryl methyl sites for hydroxylation is 2. The van der Waals surface area contributed by atoms with Gasteiger partial charge in [-0.3, -0.25) is 9.13 Å². The standard InChI is InChI=1S/C14H14N2O2S/c1-15-10-6-5-9(8-11(10)16(2)14(15)18)13(17)12-4-3-7-19-12/h3-8,13,17H,1-2H3. The van der Waals surface area contributed by atoms with Gasteiger partial charge in [0.2, 0.25) is 0 Å². The summed E-state index contributed by atoms with van der Waals surface area (Å²) in [7, 11) is 3.49. The molecule has 1 aromatic carbocycles. The first-order valence-electron chi connectivity index (χ1n) is 5.96. The van der Waals surface area contributed by atoms with Gasteiger partial charge in [0.1, 0.15) is 6.10 Å². The molecule has 3 rings (SSSR count). The molecule has 2 aromatic heterocycles. The molecular weight excluding hydrogens is 260 g/mol. The van der Waals surface area contributed by atoms with Crippen LogP contribution in [0, 0.1) is 0 Å². The molecule has 2 heterocycles. The first kappa shape index (κ1) is 12.2. The van der Waals surface area contributed by atoms with Gasteiger partial charge in [-0.1, -0.05) is 12.1 Å². The average Bonchev–Trinajstić information content (AvgIpc) is 3.03. The van der Waals surface area contributed by atoms with Gasteiger partial charge in [-0.05, 0) is 29.1 Å². The van der Waals surface area contributed by atoms with E-state index >= 15 is 0 Å². The van der Waals surface area contributed by atoms with Crippen molar-refractivity contribution < 1.29 is 5.11 Å². The Morgan fingerprint density at radius 1 is 1.16 bits per heavy atom. The van der Waals surface area contributed by atoms with Crippen LogP contribution in [0.15, 0.2) is 40.5 Å². The summed E-state index contributed by atoms with van der Waals surface area (Å²) < 4.78 is 3.20. The summed E-state index contributed by atoms with van der Waals surface area (Å²) >= 11 is 1.52. The Hall–Kier alpha value is -1.85. The van der Waals surface area contributed by atoms with Crippen molar-refractivity contribution in [2.24, 2.45) is 14.1 Å². The van der Waals surface area contributed by atoms with Crippen molar-refractivity contribution in [3.63, 3.8) is 0 Å². The zero-order valence-electron chi connectivity index (χ0n) is 10.7. The summed E-state index contributed by atoms with van der Waals surface area (Å²) in [5, 5.41) is 12.3. The number of nitrogens with zero attached hydrogens (tertiary/aromatic N) is 2. The Morgan fingerprint density at radius 2 is 1.89 bits per heavy atom. The van der Waals surface area contributed by atoms with E-state index < -0.39 is 6.10 Å². The molecule has 0 saturated carbocycles. The predicted octanol–water partition coefficient (Wildman–Crippen LogP) is 2.02. The van der Waals surface area contributed by atoms with Gasteiger partial charge < -0.3 is 5.11 Å². The van der Waals surface area contributed by atoms with Gasteiger partial charge in [0.15, 0.2) is 0 Å². The molecule has 98 valence electrons. The Bertz CT molecular complexity index is 784. The second kappa shape index (κ2) is 4.36. The maximum absolute atomic E-state index is 11.9. The lowest BCUT2D eigenvalue weighted by molar-refractivity contribution is 0.224. The zero-order chi connectivity index (χ0) is 13.6. The predicted molar refractivity (Wildman–Crippen MR) is 76.5 cm³/mol. The third-order valence-electron chi connectivity index (χ3n) is 3.42. The fraction of sp³-hybridized carbons (Fsp3) is 0.214. The number of thiophene rings is 1. The summed E-state index contributed by atoms with van der Waals surface area (Å²) in [5.41, 5.74) is 2.45. The molecule has 0 saturated heterocycles. The van der Waals surface area contributed by atoms with E-state index in [-0.39, 0.29) is 5.69 Å². The van der Waals surface area contributed by atoms with Crippen LogP contribution in [0.3, 0.4) is 0 Å². The van der Waals surface area contributed by atoms with Gasteiger partial charge in [-0.25, -0.2) is 4.79 Å². The van der Waals surface area contributed by atoms with Crippen LogP contribution < -0.4 is 5.69 Å². The number of hydrogen-bond acceptors (Lipinski definition) is 3. The van der Waals surface area contributed by atoms with E-state index in [1.165, 1.54) is 11.3 Å². The minimum absolute atomic E-state index is 0.0576. The summed E-state index contributed by atoms with van der Waals surface area (Å²) in [4.78, 5) is 12.8. The highest BCUT2D eigenvalue weighted by molar-refractivity contribution is 7.10. The highest BCUT2D eigenvalue weighted by atomic mass is 32.1. The summed E-state index contributed by atoms with van der Waals surface area (Å²) in [6, 6.07) is 9.44. The largest absolute Gasteiger partial charge is 0.383 e. The number of benzene rings is 1. The van der Waals surface area contributed by atoms with E-state index in [0.717, 1.165) is 21.5 Å². The van der Waals surface area contributed by atoms with E-state index in [1.807, 2.05) is 35.7 Å². The minimum Gasteiger partial charge on any atom is -0.383 e. The van der Waals surface area contributed by atoms with Gasteiger partial charge in [0.05, 0.1) is 11.0 Å². The third-order valence-corrected chi connectivity index (χ3v) is 4.35. The third kappa shape index (κ3) is 1.82. The van der Waals surface area contributed by atoms with E-state index in [1.54, 1.807) is 23.2 Å². The first-order chi connectivity index (χ1) is 9.09. The van der Waals surface area contributed by atoms with Crippen molar-refractivity contribution in [2.45, 2.75) is 6.10 Å². The number of rotatable bonds is 2. The Balaban J connectivity index is 2.17. The Kier molecular flexibility index (Phi) is 2.80. The number of fused-ring (bicyclic) bond motifs is 1. The number of aliphatic hydroxyl groups is 1. The lowest BCUT2D eigenvalue weighted by Gasteiger charge is -2.09. The summed E-state index contributed by atoms with van der Waals surface area (Å²) in [6.45, 7) is 0. The van der Waals surface area contributed by atoms with Gasteiger partial charge in [0, 0.05) is 19.0 Å². The van der Waals surface area contributed by atoms with E-state index in [4.69, 9.17) is 0 Å². The lowest BCUT2D eigenvalue weighted by Crippen LogP contribution is -2.19. The lowest BCUT2D eigenvalue weighted by atomic mass is 10.1. The quantitative estimate of drug-likeness (QED) is 0.777. The van der Waals surface area contributed by atoms with Crippen LogP contribution in [0.1, 0.15) is 16.5 Å². The van der Waals surface area contributed by atoms with E-state index in [0.29, 0.717) is 0 Å². The van der Waals surface area contributed by atoms with Crippen molar-refractivity contribution in [1.29, 1.82) is 0 Å². The van der Waals surface area contributed by atoms with Crippen LogP contribution in [0.4, 0.5) is 0 Å². The second-order valence-corrected chi connectivity index (χ2v) is 5.55. The van der Waals surface area contributed by atoms with Crippen LogP contribution in [0.2, 0.25) is 0 Å². The zero-order valence-corrected chi connectivity index (χ0v) is 11.5. The SMILES string of the molecule is Cn1c(=O)n(C)c2cc(C(O)c3cccs3)ccc21. The molecule has 4 nitrogen and oxygen atoms in total. The average molecular weight is 274 g/mol. The molecule has 0 spiro atoms. The molecule has 0 aliphatic carbocycles. The van der Waals surface area contributed by atoms with Crippen LogP contribution in [-0.2, 0) is 14.1 Å². The van der Waals surface area contributed by atoms with Crippen LogP contribution in [0.25, 0.3) is 11.0 Å². The molecule has 0 fully saturated rings. The normalized spacial score (nSPS) is 13.0. The molecule has 3 aromatic rings. The van der Waals surface area contributed by atoms with Crippen molar-refractivity contribution in [2.75, 3.05) is 0 Å². The monoisotopic (exact) mass is 274 g/mol. The van der Waals surface area contributed by atoms with Crippen LogP contribution >= 0.6 is 11.3 Å². The van der Waals surface area contributed by atoms with Gasteiger partial charge in [0.25, 0.3) is 0 Å². The Labute approximate surface area is 114 Å². The number of aromatic nitrogens is 2. The molecular formula is C14H14N2O2S. The fourth-order valence-corrected chi connectivity index (χ4v) is 3.04. The second-order valence-electron chi connectivity index (χ2n) is 4.57. The fourth-order valence-electron chi connectivity index (χ4n) is 2.31. The molecule has 1 atom stereocenters. The van der Waals surface area contributed by atoms with Crippen molar-refractivity contribution in [3.8, 4) is 0 Å². The molecule has 0 amide bonds. The Morgan fingerprint density at radius 3 is 2.58 bits per heavy atom. The molecule has 5 heteroatoms. The highest BCUT2D eigenvalue weighted by Gasteiger charge is 2.14. The van der Waals surface area contributed by atoms with Gasteiger partial charge >= 0.3 is 5.69 Å². The van der Waals surface area contributed by atoms with E-state index in [9.17, 15) is 9.90 Å². The maximum Gasteiger partial charge on any atom is 0.328 e. The van der Waals surface area contributed by atoms with Crippen LogP contribution in [0.5, 0.6) is 0 Å². The smallest absolute Gasteiger partial charge is 0.328 e. The molecule has 19 heavy (non-hydrogen) atoms. The van der Waals surface area contributed by atoms with Gasteiger partial charge in [-0.2, -0.15) is 0 Å². The number of hydrogen-bond donors (Lipinski definition) is 1. The molecule has 1 unspecified atom stereocenters. The van der Waals surface area contributed by atoms with Gasteiger partial charge in [-0.15, -0.1) is 11.3 Å². The van der Waals surface area contributed by atoms with Crippen molar-refractivity contribution in [3.05, 3.63) is 56.6 Å². The molecule has 1 N–H and O–H groups in total. The van der Waals surface area contributed by atoms with E-state index in [2.05, 4.69) is 0 Å². The number of imidazole rings is 1.